The molecule has 4 heteroatoms. The first-order chi connectivity index (χ1) is 8.20. The van der Waals surface area contributed by atoms with Crippen molar-refractivity contribution in [2.75, 3.05) is 7.05 Å². The van der Waals surface area contributed by atoms with Gasteiger partial charge in [0.1, 0.15) is 6.10 Å². The average Bonchev–Trinajstić information content (AvgIpc) is 2.34. The van der Waals surface area contributed by atoms with Crippen molar-refractivity contribution in [3.8, 4) is 5.88 Å². The fourth-order valence-corrected chi connectivity index (χ4v) is 2.53. The molecule has 3 nitrogen and oxygen atoms in total. The van der Waals surface area contributed by atoms with E-state index in [2.05, 4.69) is 26.2 Å². The Hall–Kier alpha value is -0.610. The summed E-state index contributed by atoms with van der Waals surface area (Å²) in [7, 11) is 2.01. The molecule has 1 heterocycles. The Morgan fingerprint density at radius 2 is 2.12 bits per heavy atom. The van der Waals surface area contributed by atoms with Crippen LogP contribution in [0.15, 0.2) is 16.6 Å². The van der Waals surface area contributed by atoms with Gasteiger partial charge in [-0.25, -0.2) is 4.98 Å². The number of hydrogen-bond donors (Lipinski definition) is 1. The number of aromatic nitrogens is 1. The Morgan fingerprint density at radius 3 is 2.82 bits per heavy atom. The smallest absolute Gasteiger partial charge is 0.213 e. The fourth-order valence-electron chi connectivity index (χ4n) is 2.31. The van der Waals surface area contributed by atoms with E-state index in [1.54, 1.807) is 0 Å². The monoisotopic (exact) mass is 298 g/mol. The maximum absolute atomic E-state index is 6.00. The second-order valence-electron chi connectivity index (χ2n) is 4.55. The summed E-state index contributed by atoms with van der Waals surface area (Å²) in [4.78, 5) is 4.44. The van der Waals surface area contributed by atoms with Crippen molar-refractivity contribution in [1.29, 1.82) is 0 Å². The molecule has 1 aromatic rings. The second-order valence-corrected chi connectivity index (χ2v) is 5.41. The molecule has 2 rings (SSSR count). The molecule has 1 saturated carbocycles. The number of ether oxygens (including phenoxy) is 1. The highest BCUT2D eigenvalue weighted by molar-refractivity contribution is 9.10. The van der Waals surface area contributed by atoms with Crippen molar-refractivity contribution in [3.63, 3.8) is 0 Å². The molecule has 17 heavy (non-hydrogen) atoms. The van der Waals surface area contributed by atoms with Crippen LogP contribution < -0.4 is 10.1 Å². The lowest BCUT2D eigenvalue weighted by Crippen LogP contribution is -2.43. The molecule has 2 atom stereocenters. The van der Waals surface area contributed by atoms with Crippen LogP contribution in [-0.2, 0) is 0 Å². The average molecular weight is 299 g/mol. The summed E-state index contributed by atoms with van der Waals surface area (Å²) in [5.41, 5.74) is 0.972. The summed E-state index contributed by atoms with van der Waals surface area (Å²) < 4.78 is 7.03. The number of hydrogen-bond acceptors (Lipinski definition) is 3. The van der Waals surface area contributed by atoms with Crippen LogP contribution in [0, 0.1) is 6.92 Å². The van der Waals surface area contributed by atoms with Gasteiger partial charge < -0.3 is 10.1 Å². The Morgan fingerprint density at radius 1 is 1.35 bits per heavy atom. The molecule has 2 unspecified atom stereocenters. The topological polar surface area (TPSA) is 34.1 Å². The van der Waals surface area contributed by atoms with E-state index in [9.17, 15) is 0 Å². The highest BCUT2D eigenvalue weighted by atomic mass is 79.9. The third-order valence-corrected chi connectivity index (χ3v) is 4.18. The van der Waals surface area contributed by atoms with Crippen LogP contribution in [0.25, 0.3) is 0 Å². The van der Waals surface area contributed by atoms with Crippen LogP contribution in [0.3, 0.4) is 0 Å². The molecule has 0 aromatic carbocycles. The number of halogens is 1. The van der Waals surface area contributed by atoms with E-state index in [0.29, 0.717) is 6.04 Å². The van der Waals surface area contributed by atoms with E-state index in [1.807, 2.05) is 26.1 Å². The van der Waals surface area contributed by atoms with Gasteiger partial charge in [-0.1, -0.05) is 6.42 Å². The molecule has 0 spiro atoms. The van der Waals surface area contributed by atoms with Gasteiger partial charge in [0.2, 0.25) is 5.88 Å². The molecular weight excluding hydrogens is 280 g/mol. The lowest BCUT2D eigenvalue weighted by Gasteiger charge is -2.31. The largest absolute Gasteiger partial charge is 0.473 e. The van der Waals surface area contributed by atoms with Gasteiger partial charge in [0, 0.05) is 16.6 Å². The maximum Gasteiger partial charge on any atom is 0.213 e. The normalized spacial score (nSPS) is 24.6. The molecule has 0 amide bonds. The summed E-state index contributed by atoms with van der Waals surface area (Å²) in [5, 5.41) is 3.34. The number of rotatable bonds is 3. The number of likely N-dealkylation sites (N-methyl/N-ethyl adjacent to an activating group) is 1. The molecule has 94 valence electrons. The highest BCUT2D eigenvalue weighted by Gasteiger charge is 2.25. The molecule has 1 aliphatic carbocycles. The van der Waals surface area contributed by atoms with Crippen LogP contribution in [0.5, 0.6) is 5.88 Å². The summed E-state index contributed by atoms with van der Waals surface area (Å²) in [6.45, 7) is 1.98. The van der Waals surface area contributed by atoms with Crippen molar-refractivity contribution in [1.82, 2.24) is 10.3 Å². The zero-order valence-electron chi connectivity index (χ0n) is 10.4. The second kappa shape index (κ2) is 5.83. The Labute approximate surface area is 111 Å². The zero-order chi connectivity index (χ0) is 12.3. The molecule has 0 saturated heterocycles. The number of nitrogens with one attached hydrogen (secondary N) is 1. The van der Waals surface area contributed by atoms with Gasteiger partial charge in [0.05, 0.1) is 5.69 Å². The molecule has 1 N–H and O–H groups in total. The van der Waals surface area contributed by atoms with Crippen LogP contribution in [0.4, 0.5) is 0 Å². The highest BCUT2D eigenvalue weighted by Crippen LogP contribution is 2.24. The minimum absolute atomic E-state index is 0.252. The van der Waals surface area contributed by atoms with Crippen molar-refractivity contribution in [2.45, 2.75) is 44.8 Å². The quantitative estimate of drug-likeness (QED) is 0.931. The SMILES string of the molecule is CNC1CCCCC1Oc1ccc(Br)c(C)n1. The van der Waals surface area contributed by atoms with E-state index < -0.39 is 0 Å². The summed E-state index contributed by atoms with van der Waals surface area (Å²) in [6, 6.07) is 4.38. The van der Waals surface area contributed by atoms with Crippen molar-refractivity contribution in [3.05, 3.63) is 22.3 Å². The molecular formula is C13H19BrN2O. The Balaban J connectivity index is 2.05. The summed E-state index contributed by atoms with van der Waals surface area (Å²) in [5.74, 6) is 0.734. The number of pyridine rings is 1. The van der Waals surface area contributed by atoms with Gasteiger partial charge in [0.25, 0.3) is 0 Å². The van der Waals surface area contributed by atoms with Gasteiger partial charge in [-0.15, -0.1) is 0 Å². The van der Waals surface area contributed by atoms with Crippen molar-refractivity contribution >= 4 is 15.9 Å². The van der Waals surface area contributed by atoms with E-state index in [1.165, 1.54) is 19.3 Å². The first-order valence-corrected chi connectivity index (χ1v) is 6.97. The van der Waals surface area contributed by atoms with Gasteiger partial charge in [-0.2, -0.15) is 0 Å². The van der Waals surface area contributed by atoms with Crippen molar-refractivity contribution in [2.24, 2.45) is 0 Å². The van der Waals surface area contributed by atoms with Crippen LogP contribution in [-0.4, -0.2) is 24.2 Å². The first kappa shape index (κ1) is 12.8. The fraction of sp³-hybridized carbons (Fsp3) is 0.615. The minimum atomic E-state index is 0.252. The molecule has 1 fully saturated rings. The predicted molar refractivity (Wildman–Crippen MR) is 72.4 cm³/mol. The van der Waals surface area contributed by atoms with Crippen LogP contribution in [0.2, 0.25) is 0 Å². The summed E-state index contributed by atoms with van der Waals surface area (Å²) in [6.07, 6.45) is 5.09. The Kier molecular flexibility index (Phi) is 4.40. The lowest BCUT2D eigenvalue weighted by molar-refractivity contribution is 0.112. The van der Waals surface area contributed by atoms with Gasteiger partial charge >= 0.3 is 0 Å². The predicted octanol–water partition coefficient (Wildman–Crippen LogP) is 3.06. The summed E-state index contributed by atoms with van der Waals surface area (Å²) >= 11 is 3.45. The van der Waals surface area contributed by atoms with Crippen LogP contribution >= 0.6 is 15.9 Å². The van der Waals surface area contributed by atoms with Gasteiger partial charge in [-0.3, -0.25) is 0 Å². The zero-order valence-corrected chi connectivity index (χ0v) is 12.0. The lowest BCUT2D eigenvalue weighted by atomic mass is 9.92. The number of aryl methyl sites for hydroxylation is 1. The third-order valence-electron chi connectivity index (χ3n) is 3.34. The van der Waals surface area contributed by atoms with E-state index in [0.717, 1.165) is 22.5 Å². The molecule has 1 aromatic heterocycles. The molecule has 1 aliphatic rings. The molecule has 0 radical (unpaired) electrons. The van der Waals surface area contributed by atoms with E-state index in [-0.39, 0.29) is 6.10 Å². The van der Waals surface area contributed by atoms with E-state index >= 15 is 0 Å². The third kappa shape index (κ3) is 3.19. The van der Waals surface area contributed by atoms with Crippen molar-refractivity contribution < 1.29 is 4.74 Å². The standard InChI is InChI=1S/C13H19BrN2O/c1-9-10(14)7-8-13(16-9)17-12-6-4-3-5-11(12)15-2/h7-8,11-12,15H,3-6H2,1-2H3. The molecule has 0 bridgehead atoms. The molecule has 0 aliphatic heterocycles. The Bertz CT molecular complexity index is 384. The van der Waals surface area contributed by atoms with Gasteiger partial charge in [-0.05, 0) is 55.2 Å². The van der Waals surface area contributed by atoms with Crippen LogP contribution in [0.1, 0.15) is 31.4 Å². The minimum Gasteiger partial charge on any atom is -0.473 e. The van der Waals surface area contributed by atoms with Gasteiger partial charge in [0.15, 0.2) is 0 Å². The van der Waals surface area contributed by atoms with E-state index in [4.69, 9.17) is 4.74 Å². The number of nitrogens with zero attached hydrogens (tertiary/aromatic N) is 1. The first-order valence-electron chi connectivity index (χ1n) is 6.18. The maximum atomic E-state index is 6.00.